The number of hydrogen-bond acceptors (Lipinski definition) is 1. The molecule has 120 valence electrons. The normalized spacial score (nSPS) is 18.0. The Kier molecular flexibility index (Phi) is 10.4. The molecular weight excluding hydrogens is 242 g/mol. The molecule has 1 heteroatoms. The highest BCUT2D eigenvalue weighted by Gasteiger charge is 2.24. The quantitative estimate of drug-likeness (QED) is 0.427. The number of likely N-dealkylation sites (tertiary alicyclic amines) is 1. The summed E-state index contributed by atoms with van der Waals surface area (Å²) in [6.45, 7) is 7.31. The second kappa shape index (κ2) is 11.6. The fraction of sp³-hybridized carbons (Fsp3) is 1.00. The van der Waals surface area contributed by atoms with Gasteiger partial charge in [0.1, 0.15) is 0 Å². The van der Waals surface area contributed by atoms with Crippen LogP contribution < -0.4 is 0 Å². The fourth-order valence-electron chi connectivity index (χ4n) is 3.78. The lowest BCUT2D eigenvalue weighted by atomic mass is 9.78. The highest BCUT2D eigenvalue weighted by Crippen LogP contribution is 2.32. The van der Waals surface area contributed by atoms with Crippen molar-refractivity contribution in [3.05, 3.63) is 0 Å². The summed E-state index contributed by atoms with van der Waals surface area (Å²) in [5, 5.41) is 0. The summed E-state index contributed by atoms with van der Waals surface area (Å²) in [6, 6.07) is 0. The molecule has 20 heavy (non-hydrogen) atoms. The first-order valence-electron chi connectivity index (χ1n) is 9.46. The summed E-state index contributed by atoms with van der Waals surface area (Å²) in [6.07, 6.45) is 17.5. The summed E-state index contributed by atoms with van der Waals surface area (Å²) in [5.74, 6) is 2.08. The first kappa shape index (κ1) is 18.0. The second-order valence-electron chi connectivity index (χ2n) is 7.10. The third kappa shape index (κ3) is 7.67. The van der Waals surface area contributed by atoms with Gasteiger partial charge in [0.15, 0.2) is 0 Å². The first-order valence-corrected chi connectivity index (χ1v) is 9.46. The smallest absolute Gasteiger partial charge is 0.00190 e. The van der Waals surface area contributed by atoms with E-state index in [-0.39, 0.29) is 0 Å². The largest absolute Gasteiger partial charge is 0.306 e. The summed E-state index contributed by atoms with van der Waals surface area (Å²) in [5.41, 5.74) is 0. The molecule has 0 spiro atoms. The van der Waals surface area contributed by atoms with E-state index in [1.54, 1.807) is 0 Å². The lowest BCUT2D eigenvalue weighted by molar-refractivity contribution is 0.155. The van der Waals surface area contributed by atoms with Gasteiger partial charge in [-0.2, -0.15) is 0 Å². The van der Waals surface area contributed by atoms with Gasteiger partial charge in [-0.1, -0.05) is 78.1 Å². The molecule has 1 fully saturated rings. The van der Waals surface area contributed by atoms with Gasteiger partial charge in [0.25, 0.3) is 0 Å². The van der Waals surface area contributed by atoms with Crippen molar-refractivity contribution < 1.29 is 0 Å². The molecule has 0 aromatic rings. The van der Waals surface area contributed by atoms with Gasteiger partial charge in [-0.05, 0) is 44.8 Å². The van der Waals surface area contributed by atoms with E-state index in [1.165, 1.54) is 90.1 Å². The summed E-state index contributed by atoms with van der Waals surface area (Å²) < 4.78 is 0. The van der Waals surface area contributed by atoms with Crippen LogP contribution in [0.25, 0.3) is 0 Å². The zero-order chi connectivity index (χ0) is 14.6. The van der Waals surface area contributed by atoms with Crippen LogP contribution in [0.1, 0.15) is 90.9 Å². The van der Waals surface area contributed by atoms with E-state index in [9.17, 15) is 0 Å². The lowest BCUT2D eigenvalue weighted by Crippen LogP contribution is -2.33. The van der Waals surface area contributed by atoms with Gasteiger partial charge in [-0.15, -0.1) is 0 Å². The van der Waals surface area contributed by atoms with E-state index in [2.05, 4.69) is 25.8 Å². The average Bonchev–Trinajstić information content (AvgIpc) is 2.47. The van der Waals surface area contributed by atoms with Crippen molar-refractivity contribution in [2.45, 2.75) is 90.9 Å². The molecule has 0 atom stereocenters. The molecule has 1 saturated heterocycles. The van der Waals surface area contributed by atoms with Crippen molar-refractivity contribution in [1.29, 1.82) is 0 Å². The van der Waals surface area contributed by atoms with E-state index >= 15 is 0 Å². The minimum Gasteiger partial charge on any atom is -0.306 e. The Morgan fingerprint density at radius 2 is 1.30 bits per heavy atom. The van der Waals surface area contributed by atoms with E-state index in [1.807, 2.05) is 0 Å². The maximum absolute atomic E-state index is 2.52. The lowest BCUT2D eigenvalue weighted by Gasteiger charge is -2.34. The SMILES string of the molecule is CCCCCCC(CCCCCC)C1CCN(C)CC1. The molecule has 1 nitrogen and oxygen atoms in total. The highest BCUT2D eigenvalue weighted by atomic mass is 15.1. The van der Waals surface area contributed by atoms with Crippen molar-refractivity contribution in [3.8, 4) is 0 Å². The predicted molar refractivity (Wildman–Crippen MR) is 91.2 cm³/mol. The van der Waals surface area contributed by atoms with Crippen LogP contribution in [-0.2, 0) is 0 Å². The highest BCUT2D eigenvalue weighted by molar-refractivity contribution is 4.77. The van der Waals surface area contributed by atoms with Crippen molar-refractivity contribution in [3.63, 3.8) is 0 Å². The summed E-state index contributed by atoms with van der Waals surface area (Å²) >= 11 is 0. The Labute approximate surface area is 128 Å². The minimum atomic E-state index is 1.04. The molecular formula is C19H39N. The van der Waals surface area contributed by atoms with Gasteiger partial charge in [-0.25, -0.2) is 0 Å². The molecule has 0 bridgehead atoms. The Morgan fingerprint density at radius 1 is 0.800 bits per heavy atom. The molecule has 0 amide bonds. The van der Waals surface area contributed by atoms with Gasteiger partial charge in [-0.3, -0.25) is 0 Å². The Hall–Kier alpha value is -0.0400. The summed E-state index contributed by atoms with van der Waals surface area (Å²) in [4.78, 5) is 2.52. The van der Waals surface area contributed by atoms with Crippen LogP contribution in [0.5, 0.6) is 0 Å². The molecule has 1 heterocycles. The van der Waals surface area contributed by atoms with E-state index in [0.717, 1.165) is 11.8 Å². The van der Waals surface area contributed by atoms with Crippen molar-refractivity contribution in [2.75, 3.05) is 20.1 Å². The topological polar surface area (TPSA) is 3.24 Å². The molecule has 0 saturated carbocycles. The number of nitrogens with zero attached hydrogens (tertiary/aromatic N) is 1. The monoisotopic (exact) mass is 281 g/mol. The van der Waals surface area contributed by atoms with Gasteiger partial charge < -0.3 is 4.90 Å². The zero-order valence-electron chi connectivity index (χ0n) is 14.5. The van der Waals surface area contributed by atoms with Crippen LogP contribution in [0.2, 0.25) is 0 Å². The van der Waals surface area contributed by atoms with Crippen LogP contribution in [0.3, 0.4) is 0 Å². The van der Waals surface area contributed by atoms with Crippen LogP contribution in [0.4, 0.5) is 0 Å². The van der Waals surface area contributed by atoms with Crippen molar-refractivity contribution in [2.24, 2.45) is 11.8 Å². The molecule has 0 N–H and O–H groups in total. The third-order valence-corrected chi connectivity index (χ3v) is 5.29. The molecule has 0 aliphatic carbocycles. The molecule has 0 radical (unpaired) electrons. The minimum absolute atomic E-state index is 1.04. The van der Waals surface area contributed by atoms with E-state index in [0.29, 0.717) is 0 Å². The number of rotatable bonds is 11. The Morgan fingerprint density at radius 3 is 1.75 bits per heavy atom. The molecule has 1 rings (SSSR count). The molecule has 0 aromatic heterocycles. The van der Waals surface area contributed by atoms with E-state index < -0.39 is 0 Å². The second-order valence-corrected chi connectivity index (χ2v) is 7.10. The number of piperidine rings is 1. The Balaban J connectivity index is 2.29. The van der Waals surface area contributed by atoms with Crippen LogP contribution in [-0.4, -0.2) is 25.0 Å². The molecule has 0 aromatic carbocycles. The predicted octanol–water partition coefficient (Wildman–Crippen LogP) is 5.89. The van der Waals surface area contributed by atoms with Crippen LogP contribution in [0, 0.1) is 11.8 Å². The summed E-state index contributed by atoms with van der Waals surface area (Å²) in [7, 11) is 2.29. The van der Waals surface area contributed by atoms with Gasteiger partial charge in [0.2, 0.25) is 0 Å². The van der Waals surface area contributed by atoms with E-state index in [4.69, 9.17) is 0 Å². The number of hydrogen-bond donors (Lipinski definition) is 0. The van der Waals surface area contributed by atoms with Crippen LogP contribution >= 0.6 is 0 Å². The van der Waals surface area contributed by atoms with Crippen LogP contribution in [0.15, 0.2) is 0 Å². The van der Waals surface area contributed by atoms with Gasteiger partial charge in [0.05, 0.1) is 0 Å². The standard InChI is InChI=1S/C19H39N/c1-4-6-8-10-12-18(13-11-9-7-5-2)19-14-16-20(3)17-15-19/h18-19H,4-17H2,1-3H3. The maximum atomic E-state index is 2.52. The zero-order valence-corrected chi connectivity index (χ0v) is 14.5. The maximum Gasteiger partial charge on any atom is -0.00190 e. The van der Waals surface area contributed by atoms with Crippen molar-refractivity contribution >= 4 is 0 Å². The molecule has 1 aliphatic rings. The number of unbranched alkanes of at least 4 members (excludes halogenated alkanes) is 6. The Bertz CT molecular complexity index is 194. The van der Waals surface area contributed by atoms with Gasteiger partial charge in [0, 0.05) is 0 Å². The first-order chi connectivity index (χ1) is 9.77. The molecule has 1 aliphatic heterocycles. The average molecular weight is 282 g/mol. The third-order valence-electron chi connectivity index (χ3n) is 5.29. The van der Waals surface area contributed by atoms with Gasteiger partial charge >= 0.3 is 0 Å². The van der Waals surface area contributed by atoms with Crippen molar-refractivity contribution in [1.82, 2.24) is 4.90 Å². The fourth-order valence-corrected chi connectivity index (χ4v) is 3.78. The molecule has 0 unspecified atom stereocenters.